The number of nitrogens with one attached hydrogen (secondary N) is 2. The largest absolute Gasteiger partial charge is 0.508 e. The van der Waals surface area contributed by atoms with Crippen molar-refractivity contribution in [2.45, 2.75) is 56.3 Å². The Balaban J connectivity index is 1.49. The van der Waals surface area contributed by atoms with Crippen molar-refractivity contribution in [2.24, 2.45) is 11.5 Å². The number of halogens is 1. The van der Waals surface area contributed by atoms with Gasteiger partial charge in [0.15, 0.2) is 0 Å². The second-order valence-electron chi connectivity index (χ2n) is 10.7. The molecule has 0 saturated carbocycles. The average molecular weight is 651 g/mol. The lowest BCUT2D eigenvalue weighted by atomic mass is 10.0. The molecule has 3 aromatic rings. The minimum Gasteiger partial charge on any atom is -0.508 e. The highest BCUT2D eigenvalue weighted by molar-refractivity contribution is 9.10. The summed E-state index contributed by atoms with van der Waals surface area (Å²) in [4.78, 5) is 54.3. The summed E-state index contributed by atoms with van der Waals surface area (Å²) in [6, 6.07) is 19.2. The van der Waals surface area contributed by atoms with Crippen molar-refractivity contribution in [1.82, 2.24) is 15.5 Å². The number of carbonyl (C=O) groups is 4. The molecular formula is C32H36BrN5O5. The highest BCUT2D eigenvalue weighted by atomic mass is 79.9. The molecule has 1 heterocycles. The summed E-state index contributed by atoms with van der Waals surface area (Å²) in [6.07, 6.45) is 1.60. The molecule has 1 aliphatic rings. The predicted molar refractivity (Wildman–Crippen MR) is 166 cm³/mol. The number of hydrogen-bond donors (Lipinski definition) is 5. The molecule has 4 atom stereocenters. The molecule has 0 unspecified atom stereocenters. The Morgan fingerprint density at radius 2 is 1.51 bits per heavy atom. The molecule has 7 N–H and O–H groups in total. The van der Waals surface area contributed by atoms with Crippen LogP contribution in [0.1, 0.15) is 29.5 Å². The number of benzene rings is 3. The zero-order valence-corrected chi connectivity index (χ0v) is 25.2. The molecule has 3 aromatic carbocycles. The van der Waals surface area contributed by atoms with E-state index in [2.05, 4.69) is 26.6 Å². The second kappa shape index (κ2) is 14.8. The van der Waals surface area contributed by atoms with Gasteiger partial charge in [-0.25, -0.2) is 0 Å². The van der Waals surface area contributed by atoms with E-state index in [0.29, 0.717) is 19.4 Å². The lowest BCUT2D eigenvalue weighted by Gasteiger charge is -2.29. The van der Waals surface area contributed by atoms with Crippen LogP contribution in [0.25, 0.3) is 0 Å². The van der Waals surface area contributed by atoms with Crippen LogP contribution in [0.15, 0.2) is 83.3 Å². The molecule has 0 aliphatic carbocycles. The number of likely N-dealkylation sites (tertiary alicyclic amines) is 1. The summed E-state index contributed by atoms with van der Waals surface area (Å²) >= 11 is 3.50. The van der Waals surface area contributed by atoms with Crippen molar-refractivity contribution < 1.29 is 24.3 Å². The zero-order chi connectivity index (χ0) is 30.9. The van der Waals surface area contributed by atoms with Gasteiger partial charge in [0.1, 0.15) is 23.9 Å². The second-order valence-corrected chi connectivity index (χ2v) is 11.5. The van der Waals surface area contributed by atoms with E-state index in [1.807, 2.05) is 54.6 Å². The number of phenolic OH excluding ortho intramolecular Hbond substituents is 1. The number of phenols is 1. The highest BCUT2D eigenvalue weighted by Crippen LogP contribution is 2.22. The van der Waals surface area contributed by atoms with Gasteiger partial charge in [0.2, 0.25) is 23.6 Å². The first-order valence-corrected chi connectivity index (χ1v) is 14.9. The first-order chi connectivity index (χ1) is 20.6. The normalized spacial score (nSPS) is 16.6. The fourth-order valence-electron chi connectivity index (χ4n) is 5.20. The Morgan fingerprint density at radius 3 is 2.19 bits per heavy atom. The molecule has 226 valence electrons. The standard InChI is InChI=1S/C32H36BrN5O5/c33-24-10-5-4-9-22(24)19-27(30(41)36-26(29(35)40)18-20-7-2-1-3-8-20)37-31(42)28-11-6-16-38(28)32(43)25(34)17-21-12-14-23(39)15-13-21/h1-5,7-10,12-15,25-28,39H,6,11,16-19,34H2,(H2,35,40)(H,36,41)(H,37,42)/t25-,26-,27-,28-/m0/s1. The molecule has 1 saturated heterocycles. The van der Waals surface area contributed by atoms with Gasteiger partial charge in [-0.2, -0.15) is 0 Å². The summed E-state index contributed by atoms with van der Waals surface area (Å²) in [5.41, 5.74) is 14.3. The van der Waals surface area contributed by atoms with Gasteiger partial charge in [-0.15, -0.1) is 0 Å². The molecule has 4 amide bonds. The molecule has 43 heavy (non-hydrogen) atoms. The third kappa shape index (κ3) is 8.65. The van der Waals surface area contributed by atoms with Gasteiger partial charge >= 0.3 is 0 Å². The van der Waals surface area contributed by atoms with Crippen LogP contribution in [-0.2, 0) is 38.4 Å². The average Bonchev–Trinajstić information content (AvgIpc) is 3.49. The third-order valence-corrected chi connectivity index (χ3v) is 8.28. The van der Waals surface area contributed by atoms with Crippen LogP contribution >= 0.6 is 15.9 Å². The monoisotopic (exact) mass is 649 g/mol. The zero-order valence-electron chi connectivity index (χ0n) is 23.6. The predicted octanol–water partition coefficient (Wildman–Crippen LogP) is 1.96. The molecule has 1 fully saturated rings. The number of hydrogen-bond acceptors (Lipinski definition) is 6. The van der Waals surface area contributed by atoms with Crippen LogP contribution in [0.3, 0.4) is 0 Å². The van der Waals surface area contributed by atoms with E-state index in [0.717, 1.165) is 21.2 Å². The Kier molecular flexibility index (Phi) is 10.9. The summed E-state index contributed by atoms with van der Waals surface area (Å²) in [7, 11) is 0. The van der Waals surface area contributed by atoms with Crippen LogP contribution in [-0.4, -0.2) is 64.3 Å². The van der Waals surface area contributed by atoms with Gasteiger partial charge in [-0.05, 0) is 54.2 Å². The maximum atomic E-state index is 13.6. The fraction of sp³-hybridized carbons (Fsp3) is 0.312. The molecule has 0 spiro atoms. The van der Waals surface area contributed by atoms with E-state index >= 15 is 0 Å². The van der Waals surface area contributed by atoms with E-state index in [1.165, 1.54) is 17.0 Å². The van der Waals surface area contributed by atoms with Crippen molar-refractivity contribution in [3.63, 3.8) is 0 Å². The van der Waals surface area contributed by atoms with Crippen LogP contribution < -0.4 is 22.1 Å². The smallest absolute Gasteiger partial charge is 0.243 e. The highest BCUT2D eigenvalue weighted by Gasteiger charge is 2.38. The van der Waals surface area contributed by atoms with Crippen molar-refractivity contribution in [3.8, 4) is 5.75 Å². The SMILES string of the molecule is NC(=O)[C@H](Cc1ccccc1)NC(=O)[C@H](Cc1ccccc1Br)NC(=O)[C@@H]1CCCN1C(=O)[C@@H](N)Cc1ccc(O)cc1. The van der Waals surface area contributed by atoms with E-state index < -0.39 is 41.9 Å². The molecular weight excluding hydrogens is 614 g/mol. The van der Waals surface area contributed by atoms with E-state index in [1.54, 1.807) is 12.1 Å². The Bertz CT molecular complexity index is 1440. The van der Waals surface area contributed by atoms with Gasteiger partial charge in [-0.1, -0.05) is 76.6 Å². The lowest BCUT2D eigenvalue weighted by molar-refractivity contribution is -0.140. The topological polar surface area (TPSA) is 168 Å². The van der Waals surface area contributed by atoms with Gasteiger partial charge in [0, 0.05) is 23.9 Å². The molecule has 10 nitrogen and oxygen atoms in total. The van der Waals surface area contributed by atoms with Crippen molar-refractivity contribution in [2.75, 3.05) is 6.54 Å². The first kappa shape index (κ1) is 31.7. The number of nitrogens with zero attached hydrogens (tertiary/aromatic N) is 1. The maximum absolute atomic E-state index is 13.6. The number of primary amides is 1. The number of carbonyl (C=O) groups excluding carboxylic acids is 4. The van der Waals surface area contributed by atoms with Crippen LogP contribution in [0.2, 0.25) is 0 Å². The van der Waals surface area contributed by atoms with Gasteiger partial charge < -0.3 is 32.1 Å². The summed E-state index contributed by atoms with van der Waals surface area (Å²) in [5, 5.41) is 15.1. The van der Waals surface area contributed by atoms with Gasteiger partial charge in [-0.3, -0.25) is 19.2 Å². The third-order valence-electron chi connectivity index (χ3n) is 7.51. The lowest BCUT2D eigenvalue weighted by Crippen LogP contribution is -2.58. The quantitative estimate of drug-likeness (QED) is 0.201. The molecule has 11 heteroatoms. The first-order valence-electron chi connectivity index (χ1n) is 14.1. The number of nitrogens with two attached hydrogens (primary N) is 2. The molecule has 0 aromatic heterocycles. The minimum absolute atomic E-state index is 0.114. The molecule has 0 bridgehead atoms. The fourth-order valence-corrected chi connectivity index (χ4v) is 5.64. The minimum atomic E-state index is -1.05. The van der Waals surface area contributed by atoms with Crippen LogP contribution in [0.5, 0.6) is 5.75 Å². The number of aromatic hydroxyl groups is 1. The van der Waals surface area contributed by atoms with E-state index in [-0.39, 0.29) is 30.9 Å². The van der Waals surface area contributed by atoms with Crippen LogP contribution in [0.4, 0.5) is 0 Å². The van der Waals surface area contributed by atoms with Crippen molar-refractivity contribution in [3.05, 3.63) is 100 Å². The summed E-state index contributed by atoms with van der Waals surface area (Å²) in [5.74, 6) is -1.99. The van der Waals surface area contributed by atoms with Crippen molar-refractivity contribution >= 4 is 39.6 Å². The Labute approximate surface area is 258 Å². The van der Waals surface area contributed by atoms with E-state index in [9.17, 15) is 24.3 Å². The van der Waals surface area contributed by atoms with Crippen molar-refractivity contribution in [1.29, 1.82) is 0 Å². The molecule has 1 aliphatic heterocycles. The van der Waals surface area contributed by atoms with E-state index in [4.69, 9.17) is 11.5 Å². The number of rotatable bonds is 12. The number of amides is 4. The molecule has 0 radical (unpaired) electrons. The maximum Gasteiger partial charge on any atom is 0.243 e. The summed E-state index contributed by atoms with van der Waals surface area (Å²) in [6.45, 7) is 0.363. The van der Waals surface area contributed by atoms with Gasteiger partial charge in [0.25, 0.3) is 0 Å². The Hall–Kier alpha value is -4.22. The van der Waals surface area contributed by atoms with Gasteiger partial charge in [0.05, 0.1) is 6.04 Å². The Morgan fingerprint density at radius 1 is 0.860 bits per heavy atom. The molecule has 4 rings (SSSR count). The summed E-state index contributed by atoms with van der Waals surface area (Å²) < 4.78 is 0.760. The van der Waals surface area contributed by atoms with Crippen LogP contribution in [0, 0.1) is 0 Å².